The van der Waals surface area contributed by atoms with Gasteiger partial charge in [-0.25, -0.2) is 0 Å². The quantitative estimate of drug-likeness (QED) is 0.376. The second kappa shape index (κ2) is 7.90. The number of hydrogen-bond donors (Lipinski definition) is 1. The van der Waals surface area contributed by atoms with Crippen LogP contribution in [0.15, 0.2) is 12.2 Å². The van der Waals surface area contributed by atoms with Gasteiger partial charge in [0.2, 0.25) is 0 Å². The van der Waals surface area contributed by atoms with Crippen LogP contribution in [0.4, 0.5) is 0 Å². The summed E-state index contributed by atoms with van der Waals surface area (Å²) >= 11 is 0. The molecule has 0 saturated heterocycles. The summed E-state index contributed by atoms with van der Waals surface area (Å²) in [4.78, 5) is 50.1. The Balaban J connectivity index is 1.93. The zero-order valence-corrected chi connectivity index (χ0v) is 20.9. The number of esters is 3. The van der Waals surface area contributed by atoms with Crippen LogP contribution in [0, 0.1) is 34.0 Å². The van der Waals surface area contributed by atoms with E-state index < -0.39 is 70.4 Å². The summed E-state index contributed by atoms with van der Waals surface area (Å²) in [6, 6.07) is 0. The summed E-state index contributed by atoms with van der Waals surface area (Å²) in [5.74, 6) is -2.81. The van der Waals surface area contributed by atoms with Crippen molar-refractivity contribution in [3.63, 3.8) is 0 Å². The predicted molar refractivity (Wildman–Crippen MR) is 120 cm³/mol. The minimum atomic E-state index is -1.16. The Morgan fingerprint density at radius 3 is 2.15 bits per heavy atom. The van der Waals surface area contributed by atoms with E-state index in [9.17, 15) is 24.3 Å². The van der Waals surface area contributed by atoms with E-state index in [0.29, 0.717) is 24.8 Å². The molecule has 4 rings (SSSR count). The van der Waals surface area contributed by atoms with E-state index in [2.05, 4.69) is 6.58 Å². The van der Waals surface area contributed by atoms with Crippen LogP contribution < -0.4 is 0 Å². The minimum absolute atomic E-state index is 0.0188. The van der Waals surface area contributed by atoms with Gasteiger partial charge in [-0.2, -0.15) is 0 Å². The van der Waals surface area contributed by atoms with Crippen LogP contribution in [0.25, 0.3) is 0 Å². The van der Waals surface area contributed by atoms with E-state index in [-0.39, 0.29) is 18.1 Å². The van der Waals surface area contributed by atoms with Gasteiger partial charge in [-0.3, -0.25) is 19.2 Å². The van der Waals surface area contributed by atoms with Gasteiger partial charge in [0.15, 0.2) is 0 Å². The molecule has 8 nitrogen and oxygen atoms in total. The molecule has 1 spiro atoms. The van der Waals surface area contributed by atoms with Gasteiger partial charge in [0.1, 0.15) is 24.1 Å². The Hall–Kier alpha value is -2.22. The minimum Gasteiger partial charge on any atom is -0.462 e. The molecule has 0 aromatic carbocycles. The van der Waals surface area contributed by atoms with Gasteiger partial charge in [-0.05, 0) is 36.2 Å². The Morgan fingerprint density at radius 1 is 1.00 bits per heavy atom. The molecule has 4 fully saturated rings. The van der Waals surface area contributed by atoms with E-state index in [1.807, 2.05) is 20.8 Å². The molecule has 0 aromatic heterocycles. The summed E-state index contributed by atoms with van der Waals surface area (Å²) in [6.45, 7) is 14.0. The number of carbonyl (C=O) groups is 4. The number of Topliss-reactive ketones (excluding diaryl/α,β-unsaturated/α-hetero) is 1. The molecule has 4 aliphatic rings. The third kappa shape index (κ3) is 3.28. The molecular weight excluding hydrogens is 440 g/mol. The van der Waals surface area contributed by atoms with E-state index in [1.165, 1.54) is 20.8 Å². The first-order valence-electron chi connectivity index (χ1n) is 12.1. The topological polar surface area (TPSA) is 116 Å². The molecule has 0 unspecified atom stereocenters. The van der Waals surface area contributed by atoms with Gasteiger partial charge in [0, 0.05) is 44.4 Å². The molecule has 0 amide bonds. The Kier molecular flexibility index (Phi) is 5.78. The SMILES string of the molecule is C=C1[C@@H]2CC(=O)[C@H]3[C@]4(C)CC[C@H](OC(C)=O)C(C)(C)[C@H]4[C@@H](O)[C@H](OC(C)=O)[C@]3(C2)[C@@H]1OC(C)=O. The van der Waals surface area contributed by atoms with E-state index in [1.54, 1.807) is 0 Å². The number of aliphatic hydroxyl groups excluding tert-OH is 1. The molecule has 2 bridgehead atoms. The van der Waals surface area contributed by atoms with Crippen molar-refractivity contribution in [1.29, 1.82) is 0 Å². The lowest BCUT2D eigenvalue weighted by molar-refractivity contribution is -0.279. The van der Waals surface area contributed by atoms with Gasteiger partial charge < -0.3 is 19.3 Å². The highest BCUT2D eigenvalue weighted by molar-refractivity contribution is 5.86. The second-order valence-corrected chi connectivity index (χ2v) is 11.6. The third-order valence-electron chi connectivity index (χ3n) is 9.27. The average molecular weight is 477 g/mol. The molecule has 188 valence electrons. The van der Waals surface area contributed by atoms with Gasteiger partial charge in [0.25, 0.3) is 0 Å². The van der Waals surface area contributed by atoms with E-state index in [0.717, 1.165) is 0 Å². The summed E-state index contributed by atoms with van der Waals surface area (Å²) < 4.78 is 17.3. The zero-order valence-electron chi connectivity index (χ0n) is 20.9. The van der Waals surface area contributed by atoms with Gasteiger partial charge in [-0.1, -0.05) is 27.4 Å². The van der Waals surface area contributed by atoms with Gasteiger partial charge in [0.05, 0.1) is 11.5 Å². The number of hydrogen-bond acceptors (Lipinski definition) is 8. The highest BCUT2D eigenvalue weighted by atomic mass is 16.6. The lowest BCUT2D eigenvalue weighted by Crippen LogP contribution is -2.73. The van der Waals surface area contributed by atoms with Gasteiger partial charge >= 0.3 is 17.9 Å². The molecule has 0 radical (unpaired) electrons. The lowest BCUT2D eigenvalue weighted by Gasteiger charge is -2.67. The molecular formula is C26H36O8. The highest BCUT2D eigenvalue weighted by Gasteiger charge is 2.77. The average Bonchev–Trinajstić information content (AvgIpc) is 2.88. The summed E-state index contributed by atoms with van der Waals surface area (Å²) in [5.41, 5.74) is -1.85. The normalized spacial score (nSPS) is 44.5. The van der Waals surface area contributed by atoms with E-state index in [4.69, 9.17) is 14.2 Å². The smallest absolute Gasteiger partial charge is 0.303 e. The molecule has 1 N–H and O–H groups in total. The molecule has 4 saturated carbocycles. The maximum Gasteiger partial charge on any atom is 0.303 e. The molecule has 4 aliphatic carbocycles. The monoisotopic (exact) mass is 476 g/mol. The number of fused-ring (bicyclic) bond motifs is 3. The predicted octanol–water partition coefficient (Wildman–Crippen LogP) is 2.75. The number of aliphatic hydroxyl groups is 1. The van der Waals surface area contributed by atoms with Crippen molar-refractivity contribution >= 4 is 23.7 Å². The number of carbonyl (C=O) groups excluding carboxylic acids is 4. The van der Waals surface area contributed by atoms with Gasteiger partial charge in [-0.15, -0.1) is 0 Å². The van der Waals surface area contributed by atoms with Crippen LogP contribution in [-0.2, 0) is 33.4 Å². The van der Waals surface area contributed by atoms with Crippen molar-refractivity contribution in [2.45, 2.75) is 91.6 Å². The Morgan fingerprint density at radius 2 is 1.59 bits per heavy atom. The Bertz CT molecular complexity index is 952. The fourth-order valence-corrected chi connectivity index (χ4v) is 8.56. The largest absolute Gasteiger partial charge is 0.462 e. The van der Waals surface area contributed by atoms with Crippen molar-refractivity contribution in [3.8, 4) is 0 Å². The maximum atomic E-state index is 13.8. The molecule has 34 heavy (non-hydrogen) atoms. The number of ether oxygens (including phenoxy) is 3. The Labute approximate surface area is 200 Å². The van der Waals surface area contributed by atoms with Crippen LogP contribution in [0.1, 0.15) is 67.2 Å². The van der Waals surface area contributed by atoms with Crippen molar-refractivity contribution in [2.24, 2.45) is 34.0 Å². The van der Waals surface area contributed by atoms with Crippen LogP contribution in [-0.4, -0.2) is 53.2 Å². The second-order valence-electron chi connectivity index (χ2n) is 11.6. The fourth-order valence-electron chi connectivity index (χ4n) is 8.56. The van der Waals surface area contributed by atoms with Crippen molar-refractivity contribution < 1.29 is 38.5 Å². The molecule has 0 aliphatic heterocycles. The molecule has 8 heteroatoms. The summed E-state index contributed by atoms with van der Waals surface area (Å²) in [7, 11) is 0. The van der Waals surface area contributed by atoms with Crippen LogP contribution in [0.2, 0.25) is 0 Å². The van der Waals surface area contributed by atoms with Crippen LogP contribution in [0.5, 0.6) is 0 Å². The highest BCUT2D eigenvalue weighted by Crippen LogP contribution is 2.72. The van der Waals surface area contributed by atoms with E-state index >= 15 is 0 Å². The summed E-state index contributed by atoms with van der Waals surface area (Å²) in [6.07, 6.45) is -1.73. The number of ketones is 1. The summed E-state index contributed by atoms with van der Waals surface area (Å²) in [5, 5.41) is 11.9. The maximum absolute atomic E-state index is 13.8. The molecule has 0 aromatic rings. The van der Waals surface area contributed by atoms with Crippen molar-refractivity contribution in [1.82, 2.24) is 0 Å². The number of rotatable bonds is 3. The van der Waals surface area contributed by atoms with Crippen LogP contribution >= 0.6 is 0 Å². The molecule has 9 atom stereocenters. The lowest BCUT2D eigenvalue weighted by atomic mass is 9.38. The first kappa shape index (κ1) is 24.9. The standard InChI is InChI=1S/C26H36O8/c1-12-16-10-17(30)20-25(7)9-8-18(32-13(2)27)24(5,6)21(25)19(31)23(34-15(4)29)26(20,11-16)22(12)33-14(3)28/h16,18-23,31H,1,8-11H2,2-7H3/t16-,18+,19-,20+,21-,22-,23+,25+,26+/m1/s1. The van der Waals surface area contributed by atoms with Crippen molar-refractivity contribution in [3.05, 3.63) is 12.2 Å². The first-order valence-corrected chi connectivity index (χ1v) is 12.1. The third-order valence-corrected chi connectivity index (χ3v) is 9.27. The van der Waals surface area contributed by atoms with Crippen molar-refractivity contribution in [2.75, 3.05) is 0 Å². The molecule has 0 heterocycles. The zero-order chi connectivity index (χ0) is 25.4. The fraction of sp³-hybridized carbons (Fsp3) is 0.769. The first-order chi connectivity index (χ1) is 15.7. The van der Waals surface area contributed by atoms with Crippen LogP contribution in [0.3, 0.4) is 0 Å².